The van der Waals surface area contributed by atoms with E-state index in [-0.39, 0.29) is 5.60 Å². The van der Waals surface area contributed by atoms with Crippen LogP contribution >= 0.6 is 0 Å². The Hall–Kier alpha value is -1.31. The van der Waals surface area contributed by atoms with Gasteiger partial charge < -0.3 is 4.84 Å². The predicted octanol–water partition coefficient (Wildman–Crippen LogP) is 3.48. The average Bonchev–Trinajstić information content (AvgIpc) is 2.70. The number of hydrogen-bond donors (Lipinski definition) is 0. The van der Waals surface area contributed by atoms with E-state index in [2.05, 4.69) is 42.4 Å². The topological polar surface area (TPSA) is 21.6 Å². The molecule has 0 bridgehead atoms. The Kier molecular flexibility index (Phi) is 2.23. The highest BCUT2D eigenvalue weighted by atomic mass is 16.7. The van der Waals surface area contributed by atoms with E-state index in [1.165, 1.54) is 30.5 Å². The van der Waals surface area contributed by atoms with Gasteiger partial charge in [0.25, 0.3) is 0 Å². The zero-order valence-corrected chi connectivity index (χ0v) is 9.65. The average molecular weight is 215 g/mol. The molecule has 2 atom stereocenters. The molecule has 1 saturated carbocycles. The molecule has 0 amide bonds. The van der Waals surface area contributed by atoms with Crippen LogP contribution < -0.4 is 0 Å². The SMILES string of the molecule is CC1=NOC2(c3ccccc3)CCCCC12. The van der Waals surface area contributed by atoms with Crippen LogP contribution in [0.15, 0.2) is 35.5 Å². The summed E-state index contributed by atoms with van der Waals surface area (Å²) in [6, 6.07) is 10.6. The molecule has 2 unspecified atom stereocenters. The van der Waals surface area contributed by atoms with Crippen LogP contribution in [-0.2, 0) is 10.4 Å². The largest absolute Gasteiger partial charge is 0.384 e. The molecule has 84 valence electrons. The minimum absolute atomic E-state index is 0.149. The second-order valence-electron chi connectivity index (χ2n) is 4.88. The lowest BCUT2D eigenvalue weighted by Crippen LogP contribution is -2.38. The number of oxime groups is 1. The molecule has 2 aliphatic rings. The summed E-state index contributed by atoms with van der Waals surface area (Å²) in [7, 11) is 0. The molecule has 16 heavy (non-hydrogen) atoms. The lowest BCUT2D eigenvalue weighted by atomic mass is 9.70. The zero-order chi connectivity index (χ0) is 11.0. The number of rotatable bonds is 1. The van der Waals surface area contributed by atoms with Crippen molar-refractivity contribution in [2.24, 2.45) is 11.1 Å². The molecule has 2 heteroatoms. The molecule has 1 aliphatic heterocycles. The van der Waals surface area contributed by atoms with Crippen LogP contribution in [0, 0.1) is 5.92 Å². The van der Waals surface area contributed by atoms with Crippen molar-refractivity contribution in [1.29, 1.82) is 0 Å². The van der Waals surface area contributed by atoms with E-state index in [0.29, 0.717) is 5.92 Å². The third-order valence-electron chi connectivity index (χ3n) is 3.97. The summed E-state index contributed by atoms with van der Waals surface area (Å²) >= 11 is 0. The van der Waals surface area contributed by atoms with Gasteiger partial charge in [-0.25, -0.2) is 0 Å². The minimum Gasteiger partial charge on any atom is -0.384 e. The number of benzene rings is 1. The summed E-state index contributed by atoms with van der Waals surface area (Å²) in [5.74, 6) is 0.489. The first-order valence-corrected chi connectivity index (χ1v) is 6.11. The van der Waals surface area contributed by atoms with Gasteiger partial charge in [0, 0.05) is 5.92 Å². The molecule has 1 aromatic rings. The molecule has 1 heterocycles. The third kappa shape index (κ3) is 1.29. The Morgan fingerprint density at radius 3 is 2.88 bits per heavy atom. The Labute approximate surface area is 96.3 Å². The normalized spacial score (nSPS) is 32.8. The first-order chi connectivity index (χ1) is 7.83. The summed E-state index contributed by atoms with van der Waals surface area (Å²) in [5.41, 5.74) is 2.31. The molecule has 0 aromatic heterocycles. The van der Waals surface area contributed by atoms with Crippen molar-refractivity contribution in [2.75, 3.05) is 0 Å². The fourth-order valence-corrected chi connectivity index (χ4v) is 3.13. The van der Waals surface area contributed by atoms with E-state index in [1.54, 1.807) is 0 Å². The van der Waals surface area contributed by atoms with Crippen molar-refractivity contribution in [3.05, 3.63) is 35.9 Å². The summed E-state index contributed by atoms with van der Waals surface area (Å²) in [6.07, 6.45) is 4.86. The molecule has 0 N–H and O–H groups in total. The van der Waals surface area contributed by atoms with Crippen LogP contribution in [0.3, 0.4) is 0 Å². The van der Waals surface area contributed by atoms with Gasteiger partial charge in [-0.3, -0.25) is 0 Å². The van der Waals surface area contributed by atoms with Crippen molar-refractivity contribution in [3.63, 3.8) is 0 Å². The predicted molar refractivity (Wildman–Crippen MR) is 64.3 cm³/mol. The molecule has 1 aliphatic carbocycles. The molecule has 1 fully saturated rings. The van der Waals surface area contributed by atoms with Gasteiger partial charge in [-0.05, 0) is 31.7 Å². The fraction of sp³-hybridized carbons (Fsp3) is 0.500. The molecule has 0 saturated heterocycles. The van der Waals surface area contributed by atoms with E-state index < -0.39 is 0 Å². The van der Waals surface area contributed by atoms with Crippen LogP contribution in [0.2, 0.25) is 0 Å². The Morgan fingerprint density at radius 2 is 2.06 bits per heavy atom. The first kappa shape index (κ1) is 9.88. The standard InChI is InChI=1S/C14H17NO/c1-11-13-9-5-6-10-14(13,16-15-11)12-7-3-2-4-8-12/h2-4,7-8,13H,5-6,9-10H2,1H3. The second kappa shape index (κ2) is 3.62. The maximum Gasteiger partial charge on any atom is 0.170 e. The van der Waals surface area contributed by atoms with E-state index in [1.807, 2.05) is 0 Å². The van der Waals surface area contributed by atoms with Gasteiger partial charge in [0.1, 0.15) is 0 Å². The summed E-state index contributed by atoms with van der Waals surface area (Å²) in [4.78, 5) is 5.83. The smallest absolute Gasteiger partial charge is 0.170 e. The minimum atomic E-state index is -0.149. The van der Waals surface area contributed by atoms with E-state index in [0.717, 1.165) is 6.42 Å². The molecular weight excluding hydrogens is 198 g/mol. The van der Waals surface area contributed by atoms with Crippen LogP contribution in [0.25, 0.3) is 0 Å². The lowest BCUT2D eigenvalue weighted by molar-refractivity contribution is -0.0715. The van der Waals surface area contributed by atoms with Gasteiger partial charge in [0.2, 0.25) is 0 Å². The van der Waals surface area contributed by atoms with Gasteiger partial charge in [0.15, 0.2) is 5.60 Å². The Morgan fingerprint density at radius 1 is 1.25 bits per heavy atom. The summed E-state index contributed by atoms with van der Waals surface area (Å²) in [5, 5.41) is 4.25. The molecule has 0 spiro atoms. The first-order valence-electron chi connectivity index (χ1n) is 6.11. The van der Waals surface area contributed by atoms with E-state index in [4.69, 9.17) is 4.84 Å². The van der Waals surface area contributed by atoms with E-state index >= 15 is 0 Å². The van der Waals surface area contributed by atoms with Crippen LogP contribution in [0.5, 0.6) is 0 Å². The van der Waals surface area contributed by atoms with Crippen molar-refractivity contribution in [3.8, 4) is 0 Å². The van der Waals surface area contributed by atoms with Crippen molar-refractivity contribution < 1.29 is 4.84 Å². The zero-order valence-electron chi connectivity index (χ0n) is 9.65. The lowest BCUT2D eigenvalue weighted by Gasteiger charge is -2.37. The maximum atomic E-state index is 5.83. The number of fused-ring (bicyclic) bond motifs is 1. The molecule has 1 aromatic carbocycles. The summed E-state index contributed by atoms with van der Waals surface area (Å²) < 4.78 is 0. The van der Waals surface area contributed by atoms with Crippen LogP contribution in [0.1, 0.15) is 38.2 Å². The third-order valence-corrected chi connectivity index (χ3v) is 3.97. The van der Waals surface area contributed by atoms with Crippen molar-refractivity contribution in [2.45, 2.75) is 38.2 Å². The second-order valence-corrected chi connectivity index (χ2v) is 4.88. The van der Waals surface area contributed by atoms with Gasteiger partial charge in [-0.2, -0.15) is 0 Å². The van der Waals surface area contributed by atoms with Gasteiger partial charge in [-0.15, -0.1) is 0 Å². The highest BCUT2D eigenvalue weighted by Gasteiger charge is 2.49. The van der Waals surface area contributed by atoms with E-state index in [9.17, 15) is 0 Å². The van der Waals surface area contributed by atoms with Crippen molar-refractivity contribution >= 4 is 5.71 Å². The van der Waals surface area contributed by atoms with Gasteiger partial charge in [0.05, 0.1) is 5.71 Å². The number of hydrogen-bond acceptors (Lipinski definition) is 2. The number of nitrogens with zero attached hydrogens (tertiary/aromatic N) is 1. The molecule has 2 nitrogen and oxygen atoms in total. The Bertz CT molecular complexity index is 412. The molecule has 3 rings (SSSR count). The highest BCUT2D eigenvalue weighted by Crippen LogP contribution is 2.48. The van der Waals surface area contributed by atoms with Gasteiger partial charge in [-0.1, -0.05) is 41.9 Å². The van der Waals surface area contributed by atoms with Crippen molar-refractivity contribution in [1.82, 2.24) is 0 Å². The molecule has 0 radical (unpaired) electrons. The van der Waals surface area contributed by atoms with Crippen LogP contribution in [-0.4, -0.2) is 5.71 Å². The maximum absolute atomic E-state index is 5.83. The summed E-state index contributed by atoms with van der Waals surface area (Å²) in [6.45, 7) is 2.10. The highest BCUT2D eigenvalue weighted by molar-refractivity contribution is 5.86. The van der Waals surface area contributed by atoms with Gasteiger partial charge >= 0.3 is 0 Å². The molecular formula is C14H17NO. The van der Waals surface area contributed by atoms with Crippen LogP contribution in [0.4, 0.5) is 0 Å². The fourth-order valence-electron chi connectivity index (χ4n) is 3.13. The Balaban J connectivity index is 2.03. The monoisotopic (exact) mass is 215 g/mol. The quantitative estimate of drug-likeness (QED) is 0.702.